The van der Waals surface area contributed by atoms with Gasteiger partial charge in [-0.05, 0) is 73.3 Å². The van der Waals surface area contributed by atoms with Gasteiger partial charge in [0.2, 0.25) is 9.04 Å². The highest BCUT2D eigenvalue weighted by Crippen LogP contribution is 2.50. The van der Waals surface area contributed by atoms with Crippen LogP contribution in [-0.2, 0) is 23.2 Å². The summed E-state index contributed by atoms with van der Waals surface area (Å²) in [6.45, 7) is 19.7. The lowest BCUT2D eigenvalue weighted by Crippen LogP contribution is -2.43. The van der Waals surface area contributed by atoms with Crippen LogP contribution in [0.3, 0.4) is 0 Å². The second-order valence-corrected chi connectivity index (χ2v) is 20.6. The van der Waals surface area contributed by atoms with Gasteiger partial charge in [0.1, 0.15) is 5.41 Å². The van der Waals surface area contributed by atoms with Crippen LogP contribution >= 0.6 is 0 Å². The van der Waals surface area contributed by atoms with Crippen molar-refractivity contribution in [3.63, 3.8) is 0 Å². The molecule has 0 heterocycles. The minimum atomic E-state index is -1.86. The molecule has 0 aromatic heterocycles. The summed E-state index contributed by atoms with van der Waals surface area (Å²) in [6.07, 6.45) is 12.0. The van der Waals surface area contributed by atoms with Crippen molar-refractivity contribution in [1.29, 1.82) is 0 Å². The van der Waals surface area contributed by atoms with E-state index in [1.54, 1.807) is 6.08 Å². The Morgan fingerprint density at radius 2 is 1.59 bits per heavy atom. The number of carbonyl (C=O) groups is 2. The second kappa shape index (κ2) is 17.0. The van der Waals surface area contributed by atoms with Crippen LogP contribution in [-0.4, -0.2) is 59.5 Å². The van der Waals surface area contributed by atoms with Crippen LogP contribution < -0.4 is 0 Å². The number of carboxylic acid groups (broad SMARTS) is 1. The van der Waals surface area contributed by atoms with Crippen molar-refractivity contribution in [3.05, 3.63) is 24.0 Å². The number of aliphatic carboxylic acids is 1. The van der Waals surface area contributed by atoms with Gasteiger partial charge in [-0.3, -0.25) is 4.79 Å². The summed E-state index contributed by atoms with van der Waals surface area (Å²) in [6, 6.07) is 0. The van der Waals surface area contributed by atoms with Crippen LogP contribution in [0.4, 0.5) is 0 Å². The Hall–Kier alpha value is -1.43. The van der Waals surface area contributed by atoms with Gasteiger partial charge in [0.25, 0.3) is 0 Å². The van der Waals surface area contributed by atoms with Crippen molar-refractivity contribution < 1.29 is 33.4 Å². The number of aliphatic hydroxyl groups excluding tert-OH is 1. The summed E-state index contributed by atoms with van der Waals surface area (Å²) in [5.74, 6) is -1.08. The Morgan fingerprint density at radius 1 is 1.00 bits per heavy atom. The van der Waals surface area contributed by atoms with Gasteiger partial charge in [-0.15, -0.1) is 0 Å². The Bertz CT molecular complexity index is 868. The topological polar surface area (TPSA) is 102 Å². The number of carboxylic acids is 1. The van der Waals surface area contributed by atoms with Gasteiger partial charge in [-0.25, -0.2) is 4.79 Å². The molecule has 0 aliphatic heterocycles. The number of methoxy groups -OCH3 is 1. The SMILES string of the molecule is CCCCC[C@H](/C=C(/O[SiH](C)C(C)(C)C)[C@](CC/C=C\C(O)C(=O)OC)(C(=O)O)C1CCCC1)O[SiH](C)C(C)(C)C. The van der Waals surface area contributed by atoms with E-state index in [2.05, 4.69) is 72.4 Å². The Morgan fingerprint density at radius 3 is 2.07 bits per heavy atom. The quantitative estimate of drug-likeness (QED) is 0.0584. The molecule has 1 fully saturated rings. The van der Waals surface area contributed by atoms with Gasteiger partial charge < -0.3 is 23.8 Å². The van der Waals surface area contributed by atoms with E-state index in [1.165, 1.54) is 13.2 Å². The molecule has 0 spiro atoms. The van der Waals surface area contributed by atoms with Crippen LogP contribution in [0, 0.1) is 11.3 Å². The molecule has 0 aromatic carbocycles. The normalized spacial score (nSPS) is 19.9. The molecular weight excluding hydrogens is 553 g/mol. The van der Waals surface area contributed by atoms with E-state index >= 15 is 0 Å². The first-order valence-corrected chi connectivity index (χ1v) is 20.1. The monoisotopic (exact) mass is 612 g/mol. The van der Waals surface area contributed by atoms with E-state index in [1.807, 2.05) is 0 Å². The van der Waals surface area contributed by atoms with Crippen LogP contribution in [0.2, 0.25) is 23.2 Å². The predicted octanol–water partition coefficient (Wildman–Crippen LogP) is 7.29. The zero-order valence-electron chi connectivity index (χ0n) is 27.6. The molecule has 238 valence electrons. The van der Waals surface area contributed by atoms with E-state index in [0.717, 1.165) is 51.4 Å². The molecule has 41 heavy (non-hydrogen) atoms. The van der Waals surface area contributed by atoms with E-state index in [0.29, 0.717) is 18.6 Å². The molecule has 0 radical (unpaired) electrons. The maximum atomic E-state index is 13.5. The first-order chi connectivity index (χ1) is 19.0. The molecule has 3 unspecified atom stereocenters. The number of ether oxygens (including phenoxy) is 1. The molecule has 1 aliphatic carbocycles. The Kier molecular flexibility index (Phi) is 15.6. The van der Waals surface area contributed by atoms with Gasteiger partial charge >= 0.3 is 11.9 Å². The molecule has 5 atom stereocenters. The van der Waals surface area contributed by atoms with Gasteiger partial charge in [-0.2, -0.15) is 0 Å². The average Bonchev–Trinajstić information content (AvgIpc) is 3.41. The smallest absolute Gasteiger partial charge is 0.338 e. The van der Waals surface area contributed by atoms with Crippen LogP contribution in [0.5, 0.6) is 0 Å². The molecule has 1 aliphatic rings. The molecule has 1 saturated carbocycles. The van der Waals surface area contributed by atoms with E-state index < -0.39 is 41.5 Å². The van der Waals surface area contributed by atoms with E-state index in [-0.39, 0.29) is 22.1 Å². The summed E-state index contributed by atoms with van der Waals surface area (Å²) in [5, 5.41) is 21.1. The third kappa shape index (κ3) is 11.6. The number of hydrogen-bond acceptors (Lipinski definition) is 6. The van der Waals surface area contributed by atoms with Crippen molar-refractivity contribution in [2.45, 2.75) is 148 Å². The Labute approximate surface area is 253 Å². The summed E-state index contributed by atoms with van der Waals surface area (Å²) >= 11 is 0. The van der Waals surface area contributed by atoms with Gasteiger partial charge in [-0.1, -0.05) is 86.6 Å². The highest BCUT2D eigenvalue weighted by Gasteiger charge is 2.51. The van der Waals surface area contributed by atoms with Crippen molar-refractivity contribution in [3.8, 4) is 0 Å². The molecule has 9 heteroatoms. The number of esters is 1. The van der Waals surface area contributed by atoms with Gasteiger partial charge in [0.05, 0.1) is 19.0 Å². The lowest BCUT2D eigenvalue weighted by molar-refractivity contribution is -0.152. The van der Waals surface area contributed by atoms with Crippen molar-refractivity contribution in [2.24, 2.45) is 11.3 Å². The zero-order valence-corrected chi connectivity index (χ0v) is 29.9. The fraction of sp³-hybridized carbons (Fsp3) is 0.812. The average molecular weight is 613 g/mol. The molecule has 7 nitrogen and oxygen atoms in total. The molecule has 0 bridgehead atoms. The van der Waals surface area contributed by atoms with E-state index in [4.69, 9.17) is 8.85 Å². The van der Waals surface area contributed by atoms with Crippen LogP contribution in [0.15, 0.2) is 24.0 Å². The standard InChI is InChI=1S/C32H60O7Si2/c1-11-12-13-20-25(38-40(9)30(2,3)4)23-27(39-41(10)31(5,6)7)32(29(35)36,24-18-14-15-19-24)22-17-16-21-26(33)28(34)37-8/h16,21,23-26,33,40-41H,11-15,17-20,22H2,1-10H3,(H,35,36)/b21-16-,27-23+/t25-,26?,32-,40?,41?/m1/s1. The predicted molar refractivity (Wildman–Crippen MR) is 172 cm³/mol. The maximum Gasteiger partial charge on any atom is 0.338 e. The molecular formula is C32H60O7Si2. The highest BCUT2D eigenvalue weighted by atomic mass is 28.3. The minimum absolute atomic E-state index is 0.0556. The number of hydrogen-bond donors (Lipinski definition) is 2. The van der Waals surface area contributed by atoms with Crippen LogP contribution in [0.1, 0.15) is 113 Å². The molecule has 2 N–H and O–H groups in total. The molecule has 0 aromatic rings. The second-order valence-electron chi connectivity index (χ2n) is 14.0. The van der Waals surface area contributed by atoms with Crippen molar-refractivity contribution in [1.82, 2.24) is 0 Å². The van der Waals surface area contributed by atoms with Crippen molar-refractivity contribution >= 4 is 30.0 Å². The number of allylic oxidation sites excluding steroid dienone is 1. The number of aliphatic hydroxyl groups is 1. The first-order valence-electron chi connectivity index (χ1n) is 15.7. The third-order valence-corrected chi connectivity index (χ3v) is 15.1. The molecule has 0 saturated heterocycles. The molecule has 0 amide bonds. The lowest BCUT2D eigenvalue weighted by atomic mass is 9.69. The Balaban J connectivity index is 3.69. The summed E-state index contributed by atoms with van der Waals surface area (Å²) in [5.41, 5.74) is -1.21. The fourth-order valence-corrected chi connectivity index (χ4v) is 7.32. The van der Waals surface area contributed by atoms with Gasteiger partial charge in [0.15, 0.2) is 15.1 Å². The zero-order chi connectivity index (χ0) is 31.4. The fourth-order valence-electron chi connectivity index (χ4n) is 5.15. The largest absolute Gasteiger partial charge is 0.548 e. The number of carbonyl (C=O) groups excluding carboxylic acids is 1. The molecule has 1 rings (SSSR count). The number of rotatable bonds is 17. The minimum Gasteiger partial charge on any atom is -0.548 e. The summed E-state index contributed by atoms with van der Waals surface area (Å²) < 4.78 is 18.3. The summed E-state index contributed by atoms with van der Waals surface area (Å²) in [7, 11) is -2.24. The highest BCUT2D eigenvalue weighted by molar-refractivity contribution is 6.54. The van der Waals surface area contributed by atoms with Crippen molar-refractivity contribution in [2.75, 3.05) is 7.11 Å². The van der Waals surface area contributed by atoms with Gasteiger partial charge in [0, 0.05) is 0 Å². The third-order valence-electron chi connectivity index (χ3n) is 8.89. The maximum absolute atomic E-state index is 13.5. The van der Waals surface area contributed by atoms with Crippen LogP contribution in [0.25, 0.3) is 0 Å². The number of unbranched alkanes of at least 4 members (excludes halogenated alkanes) is 2. The van der Waals surface area contributed by atoms with E-state index in [9.17, 15) is 19.8 Å². The lowest BCUT2D eigenvalue weighted by Gasteiger charge is -2.41. The first kappa shape index (κ1) is 37.6. The summed E-state index contributed by atoms with van der Waals surface area (Å²) in [4.78, 5) is 25.2.